The molecule has 30 heavy (non-hydrogen) atoms. The van der Waals surface area contributed by atoms with Gasteiger partial charge in [0.2, 0.25) is 0 Å². The summed E-state index contributed by atoms with van der Waals surface area (Å²) in [5.41, 5.74) is -0.485. The van der Waals surface area contributed by atoms with E-state index < -0.39 is 22.9 Å². The summed E-state index contributed by atoms with van der Waals surface area (Å²) >= 11 is 7.28. The highest BCUT2D eigenvalue weighted by Gasteiger charge is 2.20. The number of carbonyl (C=O) groups excluding carboxylic acids is 2. The molecule has 0 aliphatic heterocycles. The van der Waals surface area contributed by atoms with E-state index >= 15 is 0 Å². The molecule has 2 heterocycles. The van der Waals surface area contributed by atoms with E-state index in [-0.39, 0.29) is 34.9 Å². The third-order valence-electron chi connectivity index (χ3n) is 4.10. The molecule has 0 aliphatic carbocycles. The van der Waals surface area contributed by atoms with Gasteiger partial charge in [-0.3, -0.25) is 29.1 Å². The van der Waals surface area contributed by atoms with E-state index in [2.05, 4.69) is 10.3 Å². The summed E-state index contributed by atoms with van der Waals surface area (Å²) in [6.07, 6.45) is 0.0310. The van der Waals surface area contributed by atoms with Gasteiger partial charge in [-0.1, -0.05) is 11.6 Å². The number of nitrogens with one attached hydrogen (secondary N) is 1. The fourth-order valence-corrected chi connectivity index (χ4v) is 3.42. The number of ether oxygens (including phenoxy) is 1. The molecule has 3 rings (SSSR count). The van der Waals surface area contributed by atoms with Gasteiger partial charge in [-0.25, -0.2) is 4.98 Å². The number of benzene rings is 1. The molecule has 1 aromatic carbocycles. The van der Waals surface area contributed by atoms with E-state index in [4.69, 9.17) is 16.3 Å². The fraction of sp³-hybridized carbons (Fsp3) is 0.222. The zero-order chi connectivity index (χ0) is 21.8. The van der Waals surface area contributed by atoms with Crippen molar-refractivity contribution in [1.29, 1.82) is 0 Å². The normalized spacial score (nSPS) is 11.8. The molecule has 0 aliphatic rings. The average Bonchev–Trinajstić information content (AvgIpc) is 3.18. The van der Waals surface area contributed by atoms with Crippen molar-refractivity contribution in [1.82, 2.24) is 9.55 Å². The molecule has 0 saturated carbocycles. The number of hydrogen-bond donors (Lipinski definition) is 1. The Morgan fingerprint density at radius 3 is 2.90 bits per heavy atom. The first-order valence-electron chi connectivity index (χ1n) is 8.63. The maximum atomic E-state index is 12.3. The maximum Gasteiger partial charge on any atom is 0.308 e. The predicted octanol–water partition coefficient (Wildman–Crippen LogP) is 2.98. The Labute approximate surface area is 178 Å². The molecule has 0 spiro atoms. The van der Waals surface area contributed by atoms with Crippen molar-refractivity contribution >= 4 is 56.4 Å². The number of thiophene rings is 1. The van der Waals surface area contributed by atoms with Crippen molar-refractivity contribution in [3.05, 3.63) is 61.5 Å². The second-order valence-corrected chi connectivity index (χ2v) is 7.48. The van der Waals surface area contributed by atoms with E-state index in [0.717, 1.165) is 6.07 Å². The van der Waals surface area contributed by atoms with Gasteiger partial charge in [0, 0.05) is 18.7 Å². The van der Waals surface area contributed by atoms with Crippen LogP contribution in [0.5, 0.6) is 0 Å². The van der Waals surface area contributed by atoms with Crippen LogP contribution in [0.4, 0.5) is 11.4 Å². The van der Waals surface area contributed by atoms with Crippen LogP contribution in [-0.2, 0) is 20.9 Å². The largest absolute Gasteiger partial charge is 0.452 e. The van der Waals surface area contributed by atoms with Crippen LogP contribution in [0.1, 0.15) is 13.3 Å². The standard InChI is InChI=1S/C18H15ClN4O6S/c1-10(16(25)21-14-8-11(23(27)28)2-3-13(14)19)29-15(24)4-6-22-9-20-17-12(18(22)26)5-7-30-17/h2-3,5,7-10H,4,6H2,1H3,(H,21,25). The number of hydrogen-bond acceptors (Lipinski definition) is 8. The highest BCUT2D eigenvalue weighted by molar-refractivity contribution is 7.16. The van der Waals surface area contributed by atoms with E-state index in [9.17, 15) is 24.5 Å². The second-order valence-electron chi connectivity index (χ2n) is 6.18. The quantitative estimate of drug-likeness (QED) is 0.332. The molecule has 1 atom stereocenters. The third-order valence-corrected chi connectivity index (χ3v) is 5.25. The Morgan fingerprint density at radius 2 is 2.17 bits per heavy atom. The number of esters is 1. The number of anilines is 1. The fourth-order valence-electron chi connectivity index (χ4n) is 2.53. The summed E-state index contributed by atoms with van der Waals surface area (Å²) in [6, 6.07) is 5.25. The SMILES string of the molecule is CC(OC(=O)CCn1cnc2sccc2c1=O)C(=O)Nc1cc([N+](=O)[O-])ccc1Cl. The molecule has 12 heteroatoms. The first-order chi connectivity index (χ1) is 14.3. The van der Waals surface area contributed by atoms with Crippen LogP contribution in [0.15, 0.2) is 40.8 Å². The number of rotatable bonds is 7. The monoisotopic (exact) mass is 450 g/mol. The summed E-state index contributed by atoms with van der Waals surface area (Å²) in [5, 5.41) is 15.6. The van der Waals surface area contributed by atoms with Gasteiger partial charge >= 0.3 is 5.97 Å². The van der Waals surface area contributed by atoms with Crippen molar-refractivity contribution in [2.45, 2.75) is 26.0 Å². The Balaban J connectivity index is 1.57. The lowest BCUT2D eigenvalue weighted by atomic mass is 10.2. The lowest BCUT2D eigenvalue weighted by Crippen LogP contribution is -2.31. The smallest absolute Gasteiger partial charge is 0.308 e. The molecular formula is C18H15ClN4O6S. The highest BCUT2D eigenvalue weighted by Crippen LogP contribution is 2.26. The molecule has 1 N–H and O–H groups in total. The van der Waals surface area contributed by atoms with Crippen molar-refractivity contribution in [3.63, 3.8) is 0 Å². The van der Waals surface area contributed by atoms with Crippen LogP contribution in [0.2, 0.25) is 5.02 Å². The number of amides is 1. The number of halogens is 1. The van der Waals surface area contributed by atoms with Gasteiger partial charge in [-0.2, -0.15) is 0 Å². The molecular weight excluding hydrogens is 436 g/mol. The molecule has 10 nitrogen and oxygen atoms in total. The van der Waals surface area contributed by atoms with E-state index in [0.29, 0.717) is 10.2 Å². The third kappa shape index (κ3) is 4.81. The first kappa shape index (κ1) is 21.4. The zero-order valence-electron chi connectivity index (χ0n) is 15.5. The van der Waals surface area contributed by atoms with Gasteiger partial charge in [0.15, 0.2) is 6.10 Å². The number of nitrogens with zero attached hydrogens (tertiary/aromatic N) is 3. The van der Waals surface area contributed by atoms with Crippen LogP contribution in [-0.4, -0.2) is 32.5 Å². The zero-order valence-corrected chi connectivity index (χ0v) is 17.1. The van der Waals surface area contributed by atoms with Gasteiger partial charge in [-0.15, -0.1) is 11.3 Å². The Morgan fingerprint density at radius 1 is 1.40 bits per heavy atom. The number of aryl methyl sites for hydroxylation is 1. The van der Waals surface area contributed by atoms with Gasteiger partial charge in [0.25, 0.3) is 17.2 Å². The summed E-state index contributed by atoms with van der Waals surface area (Å²) < 4.78 is 6.37. The number of non-ortho nitro benzene ring substituents is 1. The number of carbonyl (C=O) groups is 2. The van der Waals surface area contributed by atoms with Crippen molar-refractivity contribution in [3.8, 4) is 0 Å². The summed E-state index contributed by atoms with van der Waals surface area (Å²) in [6.45, 7) is 1.39. The Hall–Kier alpha value is -3.31. The van der Waals surface area contributed by atoms with Crippen LogP contribution < -0.4 is 10.9 Å². The van der Waals surface area contributed by atoms with E-state index in [1.54, 1.807) is 11.4 Å². The van der Waals surface area contributed by atoms with Crippen LogP contribution >= 0.6 is 22.9 Å². The van der Waals surface area contributed by atoms with E-state index in [1.807, 2.05) is 0 Å². The Kier molecular flexibility index (Phi) is 6.43. The average molecular weight is 451 g/mol. The van der Waals surface area contributed by atoms with Crippen LogP contribution in [0.25, 0.3) is 10.2 Å². The van der Waals surface area contributed by atoms with Gasteiger partial charge in [0.05, 0.1) is 33.8 Å². The molecule has 156 valence electrons. The predicted molar refractivity (Wildman–Crippen MR) is 111 cm³/mol. The molecule has 3 aromatic rings. The maximum absolute atomic E-state index is 12.3. The number of nitro benzene ring substituents is 1. The highest BCUT2D eigenvalue weighted by atomic mass is 35.5. The molecule has 2 aromatic heterocycles. The minimum atomic E-state index is -1.18. The van der Waals surface area contributed by atoms with Crippen molar-refractivity contribution in [2.75, 3.05) is 5.32 Å². The number of fused-ring (bicyclic) bond motifs is 1. The Bertz CT molecular complexity index is 1190. The van der Waals surface area contributed by atoms with Crippen molar-refractivity contribution in [2.24, 2.45) is 0 Å². The lowest BCUT2D eigenvalue weighted by Gasteiger charge is -2.14. The van der Waals surface area contributed by atoms with Gasteiger partial charge < -0.3 is 10.1 Å². The van der Waals surface area contributed by atoms with E-state index in [1.165, 1.54) is 41.3 Å². The summed E-state index contributed by atoms with van der Waals surface area (Å²) in [4.78, 5) is 51.6. The summed E-state index contributed by atoms with van der Waals surface area (Å²) in [5.74, 6) is -1.40. The second kappa shape index (κ2) is 9.01. The van der Waals surface area contributed by atoms with Gasteiger partial charge in [-0.05, 0) is 24.4 Å². The van der Waals surface area contributed by atoms with Crippen LogP contribution in [0, 0.1) is 10.1 Å². The van der Waals surface area contributed by atoms with Crippen molar-refractivity contribution < 1.29 is 19.2 Å². The minimum Gasteiger partial charge on any atom is -0.452 e. The lowest BCUT2D eigenvalue weighted by molar-refractivity contribution is -0.384. The number of aromatic nitrogens is 2. The summed E-state index contributed by atoms with van der Waals surface area (Å²) in [7, 11) is 0. The van der Waals surface area contributed by atoms with Gasteiger partial charge in [0.1, 0.15) is 4.83 Å². The molecule has 1 amide bonds. The number of nitro groups is 1. The first-order valence-corrected chi connectivity index (χ1v) is 9.89. The molecule has 0 radical (unpaired) electrons. The molecule has 0 saturated heterocycles. The molecule has 0 bridgehead atoms. The topological polar surface area (TPSA) is 133 Å². The van der Waals surface area contributed by atoms with Crippen LogP contribution in [0.3, 0.4) is 0 Å². The molecule has 1 unspecified atom stereocenters. The molecule has 0 fully saturated rings. The minimum absolute atomic E-state index is 0.0282.